The second kappa shape index (κ2) is 4.23. The summed E-state index contributed by atoms with van der Waals surface area (Å²) in [5.74, 6) is -1.63. The van der Waals surface area contributed by atoms with Crippen molar-refractivity contribution >= 4 is 11.9 Å². The average Bonchev–Trinajstić information content (AvgIpc) is 2.36. The van der Waals surface area contributed by atoms with Crippen molar-refractivity contribution in [3.8, 4) is 0 Å². The number of amides is 1. The van der Waals surface area contributed by atoms with Crippen molar-refractivity contribution in [2.45, 2.75) is 63.2 Å². The fourth-order valence-electron chi connectivity index (χ4n) is 3.38. The number of morpholine rings is 1. The van der Waals surface area contributed by atoms with Gasteiger partial charge in [-0.05, 0) is 26.2 Å². The Morgan fingerprint density at radius 1 is 1.56 bits per heavy atom. The summed E-state index contributed by atoms with van der Waals surface area (Å²) in [7, 11) is 1.72. The van der Waals surface area contributed by atoms with Gasteiger partial charge in [0.15, 0.2) is 0 Å². The molecule has 0 radical (unpaired) electrons. The normalized spacial score (nSPS) is 40.5. The third-order valence-corrected chi connectivity index (χ3v) is 4.70. The molecular formula is C13H21NO4. The van der Waals surface area contributed by atoms with E-state index < -0.39 is 17.5 Å². The van der Waals surface area contributed by atoms with Crippen LogP contribution in [0.5, 0.6) is 0 Å². The third kappa shape index (κ3) is 1.56. The van der Waals surface area contributed by atoms with Gasteiger partial charge in [-0.15, -0.1) is 0 Å². The molecule has 1 aliphatic carbocycles. The zero-order valence-electron chi connectivity index (χ0n) is 11.2. The predicted molar refractivity (Wildman–Crippen MR) is 65.2 cm³/mol. The molecule has 1 amide bonds. The van der Waals surface area contributed by atoms with E-state index in [2.05, 4.69) is 0 Å². The summed E-state index contributed by atoms with van der Waals surface area (Å²) in [5.41, 5.74) is -2.04. The molecule has 2 rings (SSSR count). The molecule has 1 saturated carbocycles. The summed E-state index contributed by atoms with van der Waals surface area (Å²) in [6, 6.07) is 0. The number of nitrogens with zero attached hydrogens (tertiary/aromatic N) is 1. The molecule has 5 nitrogen and oxygen atoms in total. The van der Waals surface area contributed by atoms with Gasteiger partial charge in [-0.3, -0.25) is 4.79 Å². The van der Waals surface area contributed by atoms with Gasteiger partial charge < -0.3 is 14.7 Å². The van der Waals surface area contributed by atoms with Crippen LogP contribution >= 0.6 is 0 Å². The topological polar surface area (TPSA) is 66.8 Å². The molecule has 5 heteroatoms. The first-order valence-electron chi connectivity index (χ1n) is 6.58. The Morgan fingerprint density at radius 3 is 2.78 bits per heavy atom. The number of ether oxygens (including phenoxy) is 1. The van der Waals surface area contributed by atoms with Gasteiger partial charge in [0.1, 0.15) is 0 Å². The van der Waals surface area contributed by atoms with Crippen LogP contribution in [0.4, 0.5) is 0 Å². The van der Waals surface area contributed by atoms with Gasteiger partial charge in [-0.25, -0.2) is 4.79 Å². The van der Waals surface area contributed by atoms with Crippen LogP contribution in [0.25, 0.3) is 0 Å². The van der Waals surface area contributed by atoms with E-state index in [1.165, 1.54) is 6.92 Å². The molecule has 0 aromatic carbocycles. The van der Waals surface area contributed by atoms with Crippen LogP contribution in [-0.2, 0) is 14.3 Å². The molecule has 2 fully saturated rings. The Kier molecular flexibility index (Phi) is 3.13. The van der Waals surface area contributed by atoms with E-state index in [1.54, 1.807) is 11.9 Å². The zero-order valence-corrected chi connectivity index (χ0v) is 11.2. The van der Waals surface area contributed by atoms with E-state index in [4.69, 9.17) is 4.74 Å². The molecule has 1 aliphatic heterocycles. The second-order valence-corrected chi connectivity index (χ2v) is 5.51. The molecule has 1 heterocycles. The number of hydrogen-bond acceptors (Lipinski definition) is 3. The number of carbonyl (C=O) groups is 2. The summed E-state index contributed by atoms with van der Waals surface area (Å²) >= 11 is 0. The summed E-state index contributed by atoms with van der Waals surface area (Å²) in [5, 5.41) is 9.26. The second-order valence-electron chi connectivity index (χ2n) is 5.51. The fraction of sp³-hybridized carbons (Fsp3) is 0.846. The molecule has 2 aliphatic rings. The van der Waals surface area contributed by atoms with Crippen molar-refractivity contribution < 1.29 is 19.4 Å². The minimum Gasteiger partial charge on any atom is -0.479 e. The summed E-state index contributed by atoms with van der Waals surface area (Å²) < 4.78 is 5.73. The van der Waals surface area contributed by atoms with Gasteiger partial charge in [0.05, 0.1) is 11.6 Å². The minimum atomic E-state index is -1.73. The molecule has 0 spiro atoms. The molecule has 0 aromatic rings. The number of likely N-dealkylation sites (N-methyl/N-ethyl adjacent to an activating group) is 1. The van der Waals surface area contributed by atoms with Gasteiger partial charge in [0.2, 0.25) is 5.60 Å². The number of carboxylic acids is 1. The molecule has 18 heavy (non-hydrogen) atoms. The first kappa shape index (κ1) is 13.3. The SMILES string of the molecule is CC[C@]12CCCC[C@@H]1OC(C)(C(=O)O)C(=O)N2C. The third-order valence-electron chi connectivity index (χ3n) is 4.70. The highest BCUT2D eigenvalue weighted by Gasteiger charge is 2.59. The van der Waals surface area contributed by atoms with Crippen molar-refractivity contribution in [1.29, 1.82) is 0 Å². The molecule has 1 unspecified atom stereocenters. The molecule has 0 bridgehead atoms. The Labute approximate surface area is 107 Å². The van der Waals surface area contributed by atoms with Gasteiger partial charge in [0.25, 0.3) is 5.91 Å². The van der Waals surface area contributed by atoms with Crippen LogP contribution in [0.3, 0.4) is 0 Å². The lowest BCUT2D eigenvalue weighted by molar-refractivity contribution is -0.224. The van der Waals surface area contributed by atoms with E-state index in [9.17, 15) is 14.7 Å². The first-order valence-corrected chi connectivity index (χ1v) is 6.58. The number of hydrogen-bond donors (Lipinski definition) is 1. The van der Waals surface area contributed by atoms with Gasteiger partial charge in [0, 0.05) is 7.05 Å². The lowest BCUT2D eigenvalue weighted by Gasteiger charge is -2.56. The van der Waals surface area contributed by atoms with E-state index in [0.29, 0.717) is 0 Å². The molecule has 102 valence electrons. The molecule has 1 N–H and O–H groups in total. The highest BCUT2D eigenvalue weighted by atomic mass is 16.5. The molecule has 1 saturated heterocycles. The number of aliphatic carboxylic acids is 1. The van der Waals surface area contributed by atoms with Crippen molar-refractivity contribution in [1.82, 2.24) is 4.90 Å². The fourth-order valence-corrected chi connectivity index (χ4v) is 3.38. The Bertz CT molecular complexity index is 383. The molecular weight excluding hydrogens is 234 g/mol. The van der Waals surface area contributed by atoms with Gasteiger partial charge in [-0.2, -0.15) is 0 Å². The highest BCUT2D eigenvalue weighted by Crippen LogP contribution is 2.44. The maximum atomic E-state index is 12.3. The van der Waals surface area contributed by atoms with Gasteiger partial charge in [-0.1, -0.05) is 19.8 Å². The average molecular weight is 255 g/mol. The van der Waals surface area contributed by atoms with Gasteiger partial charge >= 0.3 is 5.97 Å². The Morgan fingerprint density at radius 2 is 2.22 bits per heavy atom. The van der Waals surface area contributed by atoms with E-state index in [-0.39, 0.29) is 11.6 Å². The monoisotopic (exact) mass is 255 g/mol. The van der Waals surface area contributed by atoms with Crippen molar-refractivity contribution in [2.24, 2.45) is 0 Å². The summed E-state index contributed by atoms with van der Waals surface area (Å²) in [4.78, 5) is 25.3. The lowest BCUT2D eigenvalue weighted by Crippen LogP contribution is -2.71. The van der Waals surface area contributed by atoms with Crippen molar-refractivity contribution in [3.63, 3.8) is 0 Å². The molecule has 3 atom stereocenters. The lowest BCUT2D eigenvalue weighted by atomic mass is 9.73. The van der Waals surface area contributed by atoms with E-state index in [1.807, 2.05) is 6.92 Å². The van der Waals surface area contributed by atoms with Crippen LogP contribution in [0.2, 0.25) is 0 Å². The van der Waals surface area contributed by atoms with Crippen LogP contribution in [0, 0.1) is 0 Å². The van der Waals surface area contributed by atoms with Crippen molar-refractivity contribution in [3.05, 3.63) is 0 Å². The van der Waals surface area contributed by atoms with Crippen LogP contribution < -0.4 is 0 Å². The Hall–Kier alpha value is -1.10. The largest absolute Gasteiger partial charge is 0.479 e. The smallest absolute Gasteiger partial charge is 0.345 e. The van der Waals surface area contributed by atoms with Crippen LogP contribution in [0.15, 0.2) is 0 Å². The van der Waals surface area contributed by atoms with Crippen LogP contribution in [-0.4, -0.2) is 46.2 Å². The molecule has 0 aromatic heterocycles. The predicted octanol–water partition coefficient (Wildman–Crippen LogP) is 1.41. The number of rotatable bonds is 2. The van der Waals surface area contributed by atoms with Crippen molar-refractivity contribution in [2.75, 3.05) is 7.05 Å². The summed E-state index contributed by atoms with van der Waals surface area (Å²) in [6.07, 6.45) is 4.45. The maximum absolute atomic E-state index is 12.3. The minimum absolute atomic E-state index is 0.167. The number of carboxylic acid groups (broad SMARTS) is 1. The van der Waals surface area contributed by atoms with Crippen LogP contribution in [0.1, 0.15) is 46.0 Å². The van der Waals surface area contributed by atoms with E-state index in [0.717, 1.165) is 32.1 Å². The first-order chi connectivity index (χ1) is 8.38. The zero-order chi connectivity index (χ0) is 13.6. The number of carbonyl (C=O) groups excluding carboxylic acids is 1. The summed E-state index contributed by atoms with van der Waals surface area (Å²) in [6.45, 7) is 3.40. The standard InChI is InChI=1S/C13H21NO4/c1-4-13-8-6-5-7-9(13)18-12(2,11(16)17)10(15)14(13)3/h9H,4-8H2,1-3H3,(H,16,17)/t9-,12?,13-/m0/s1. The maximum Gasteiger partial charge on any atom is 0.345 e. The number of fused-ring (bicyclic) bond motifs is 1. The Balaban J connectivity index is 2.41. The van der Waals surface area contributed by atoms with E-state index >= 15 is 0 Å². The quantitative estimate of drug-likeness (QED) is 0.758. The highest BCUT2D eigenvalue weighted by molar-refractivity contribution is 6.05.